The van der Waals surface area contributed by atoms with Crippen molar-refractivity contribution in [1.82, 2.24) is 9.97 Å². The van der Waals surface area contributed by atoms with E-state index in [9.17, 15) is 29.4 Å². The van der Waals surface area contributed by atoms with Gasteiger partial charge in [-0.15, -0.1) is 0 Å². The first-order valence-corrected chi connectivity index (χ1v) is 8.02. The van der Waals surface area contributed by atoms with E-state index in [-0.39, 0.29) is 39.3 Å². The van der Waals surface area contributed by atoms with Crippen molar-refractivity contribution >= 4 is 11.9 Å². The van der Waals surface area contributed by atoms with Gasteiger partial charge in [-0.25, -0.2) is 0 Å². The summed E-state index contributed by atoms with van der Waals surface area (Å²) < 4.78 is 0. The Balaban J connectivity index is 0.000000200. The molecule has 9 heteroatoms. The number of fused-ring (bicyclic) bond motifs is 2. The third-order valence-corrected chi connectivity index (χ3v) is 3.89. The van der Waals surface area contributed by atoms with Gasteiger partial charge < -0.3 is 29.8 Å². The molecular formula is C20H12CuN2O6. The Bertz CT molecular complexity index is 1130. The average molecular weight is 440 g/mol. The summed E-state index contributed by atoms with van der Waals surface area (Å²) in [5.41, 5.74) is 2.17. The van der Waals surface area contributed by atoms with Gasteiger partial charge in [0, 0.05) is 23.5 Å². The summed E-state index contributed by atoms with van der Waals surface area (Å²) in [5.74, 6) is -2.58. The first-order chi connectivity index (χ1) is 13.3. The number of benzene rings is 2. The average Bonchev–Trinajstić information content (AvgIpc) is 2.67. The minimum absolute atomic E-state index is 0. The molecule has 2 heterocycles. The maximum Gasteiger partial charge on any atom is 2.00 e. The summed E-state index contributed by atoms with van der Waals surface area (Å²) in [6.07, 6.45) is 0. The van der Waals surface area contributed by atoms with E-state index >= 15 is 0 Å². The molecule has 2 aliphatic heterocycles. The molecule has 4 aliphatic rings. The summed E-state index contributed by atoms with van der Waals surface area (Å²) in [6, 6.07) is 14.9. The number of carbonyl (C=O) groups is 2. The standard InChI is InChI=1S/2C10H7NO3.Cu/c2*12-7-3-1-6-2-4-8(10(13)14)11-9(6)5-7;/h2*1-5,11H,(H,13,14);/q;;+2/p-2. The summed E-state index contributed by atoms with van der Waals surface area (Å²) in [7, 11) is 0. The van der Waals surface area contributed by atoms with E-state index in [1.165, 1.54) is 36.4 Å². The third-order valence-electron chi connectivity index (χ3n) is 3.89. The van der Waals surface area contributed by atoms with Crippen LogP contribution in [0.25, 0.3) is 22.5 Å². The predicted molar refractivity (Wildman–Crippen MR) is 96.0 cm³/mol. The summed E-state index contributed by atoms with van der Waals surface area (Å²) in [6.45, 7) is 0. The Morgan fingerprint density at radius 3 is 1.31 bits per heavy atom. The van der Waals surface area contributed by atoms with E-state index in [0.717, 1.165) is 11.1 Å². The molecule has 0 unspecified atom stereocenters. The molecule has 0 saturated carbocycles. The maximum absolute atomic E-state index is 11.0. The first kappa shape index (κ1) is 21.6. The predicted octanol–water partition coefficient (Wildman–Crippen LogP) is -0.316. The van der Waals surface area contributed by atoms with Gasteiger partial charge in [0.05, 0.1) is 23.3 Å². The number of aromatic carboxylic acids is 2. The summed E-state index contributed by atoms with van der Waals surface area (Å²) in [5, 5.41) is 21.0. The third kappa shape index (κ3) is 5.19. The van der Waals surface area contributed by atoms with Crippen LogP contribution in [0.4, 0.5) is 0 Å². The second kappa shape index (κ2) is 9.01. The number of carboxylic acids is 2. The topological polar surface area (TPSA) is 146 Å². The van der Waals surface area contributed by atoms with Crippen LogP contribution in [0.3, 0.4) is 0 Å². The molecule has 1 radical (unpaired) electrons. The normalized spacial score (nSPS) is 9.93. The monoisotopic (exact) mass is 439 g/mol. The first-order valence-electron chi connectivity index (χ1n) is 8.02. The molecule has 0 aromatic heterocycles. The number of pyridine rings is 2. The molecule has 149 valence electrons. The fourth-order valence-electron chi connectivity index (χ4n) is 2.54. The van der Waals surface area contributed by atoms with Crippen molar-refractivity contribution in [1.29, 1.82) is 0 Å². The number of carbonyl (C=O) groups excluding carboxylic acids is 2. The van der Waals surface area contributed by atoms with Crippen molar-refractivity contribution in [2.75, 3.05) is 0 Å². The van der Waals surface area contributed by atoms with Gasteiger partial charge in [-0.3, -0.25) is 9.59 Å². The van der Waals surface area contributed by atoms with Gasteiger partial charge in [-0.1, -0.05) is 12.1 Å². The van der Waals surface area contributed by atoms with Crippen LogP contribution in [-0.2, 0) is 17.1 Å². The van der Waals surface area contributed by atoms with Crippen LogP contribution >= 0.6 is 0 Å². The molecule has 0 bridgehead atoms. The zero-order valence-corrected chi connectivity index (χ0v) is 15.5. The molecule has 8 nitrogen and oxygen atoms in total. The Morgan fingerprint density at radius 1 is 0.621 bits per heavy atom. The molecule has 2 aliphatic carbocycles. The van der Waals surface area contributed by atoms with Crippen LogP contribution in [-0.4, -0.2) is 21.9 Å². The number of carboxylic acid groups (broad SMARTS) is 2. The number of aromatic amines is 2. The van der Waals surface area contributed by atoms with E-state index in [4.69, 9.17) is 0 Å². The maximum atomic E-state index is 11.0. The quantitative estimate of drug-likeness (QED) is 0.409. The van der Waals surface area contributed by atoms with Crippen molar-refractivity contribution < 1.29 is 36.9 Å². The number of rotatable bonds is 2. The molecule has 0 spiro atoms. The van der Waals surface area contributed by atoms with Gasteiger partial charge >= 0.3 is 17.1 Å². The van der Waals surface area contributed by atoms with Crippen molar-refractivity contribution in [2.24, 2.45) is 0 Å². The number of H-pyrrole nitrogens is 2. The van der Waals surface area contributed by atoms with E-state index < -0.39 is 11.9 Å². The van der Waals surface area contributed by atoms with Gasteiger partial charge in [0.1, 0.15) is 0 Å². The number of aromatic nitrogens is 2. The molecule has 0 atom stereocenters. The second-order valence-corrected chi connectivity index (χ2v) is 5.82. The second-order valence-electron chi connectivity index (χ2n) is 5.82. The van der Waals surface area contributed by atoms with Gasteiger partial charge in [-0.2, -0.15) is 0 Å². The Kier molecular flexibility index (Phi) is 6.71. The van der Waals surface area contributed by atoms with E-state index in [1.54, 1.807) is 24.3 Å². The Hall–Kier alpha value is -3.68. The molecule has 0 amide bonds. The largest absolute Gasteiger partial charge is 2.00 e. The van der Waals surface area contributed by atoms with Gasteiger partial charge in [0.15, 0.2) is 10.9 Å². The van der Waals surface area contributed by atoms with Crippen LogP contribution in [0.2, 0.25) is 0 Å². The van der Waals surface area contributed by atoms with E-state index in [2.05, 4.69) is 9.97 Å². The fraction of sp³-hybridized carbons (Fsp3) is 0. The SMILES string of the molecule is O=C([O-])c1ccc2ccc(=O)cc-2[nH]1.O=C([O-])c1ccc2ccc(=O)cc-2[nH]1.[Cu+2]. The number of hydrogen-bond acceptors (Lipinski definition) is 6. The molecule has 0 fully saturated rings. The summed E-state index contributed by atoms with van der Waals surface area (Å²) >= 11 is 0. The smallest absolute Gasteiger partial charge is 0.543 e. The molecule has 29 heavy (non-hydrogen) atoms. The zero-order chi connectivity index (χ0) is 20.3. The van der Waals surface area contributed by atoms with Crippen LogP contribution in [0.15, 0.2) is 70.3 Å². The van der Waals surface area contributed by atoms with Crippen molar-refractivity contribution in [3.05, 3.63) is 92.5 Å². The van der Waals surface area contributed by atoms with Gasteiger partial charge in [0.25, 0.3) is 0 Å². The molecule has 0 aromatic carbocycles. The van der Waals surface area contributed by atoms with Crippen LogP contribution in [0.1, 0.15) is 21.0 Å². The van der Waals surface area contributed by atoms with E-state index in [1.807, 2.05) is 0 Å². The fourth-order valence-corrected chi connectivity index (χ4v) is 2.54. The Labute approximate surface area is 174 Å². The zero-order valence-electron chi connectivity index (χ0n) is 14.5. The van der Waals surface area contributed by atoms with Crippen LogP contribution in [0.5, 0.6) is 0 Å². The molecule has 4 rings (SSSR count). The summed E-state index contributed by atoms with van der Waals surface area (Å²) in [4.78, 5) is 48.2. The van der Waals surface area contributed by atoms with Gasteiger partial charge in [0.2, 0.25) is 0 Å². The number of nitrogens with one attached hydrogen (secondary N) is 2. The minimum atomic E-state index is -1.29. The van der Waals surface area contributed by atoms with Crippen molar-refractivity contribution in [3.63, 3.8) is 0 Å². The molecule has 0 saturated heterocycles. The molecule has 2 N–H and O–H groups in total. The van der Waals surface area contributed by atoms with Crippen LogP contribution in [0, 0.1) is 0 Å². The van der Waals surface area contributed by atoms with E-state index in [0.29, 0.717) is 11.4 Å². The number of hydrogen-bond donors (Lipinski definition) is 2. The Morgan fingerprint density at radius 2 is 0.966 bits per heavy atom. The molecule has 0 aromatic rings. The van der Waals surface area contributed by atoms with Crippen molar-refractivity contribution in [2.45, 2.75) is 0 Å². The van der Waals surface area contributed by atoms with Gasteiger partial charge in [-0.05, 0) is 47.5 Å². The molecular weight excluding hydrogens is 428 g/mol. The minimum Gasteiger partial charge on any atom is -0.543 e. The van der Waals surface area contributed by atoms with Crippen LogP contribution < -0.4 is 21.1 Å². The van der Waals surface area contributed by atoms with Crippen molar-refractivity contribution in [3.8, 4) is 22.5 Å².